The third kappa shape index (κ3) is 2.87. The van der Waals surface area contributed by atoms with E-state index in [4.69, 9.17) is 0 Å². The fraction of sp³-hybridized carbons (Fsp3) is 0.438. The van der Waals surface area contributed by atoms with Crippen molar-refractivity contribution in [3.8, 4) is 11.4 Å². The number of amides is 1. The highest BCUT2D eigenvalue weighted by atomic mass is 16.2. The summed E-state index contributed by atoms with van der Waals surface area (Å²) in [5.41, 5.74) is 2.18. The van der Waals surface area contributed by atoms with Gasteiger partial charge in [-0.3, -0.25) is 14.8 Å². The first-order valence-corrected chi connectivity index (χ1v) is 7.68. The number of hydrogen-bond donors (Lipinski definition) is 2. The number of H-pyrrole nitrogens is 1. The van der Waals surface area contributed by atoms with E-state index < -0.39 is 0 Å². The molecular weight excluding hydrogens is 278 g/mol. The molecule has 2 heterocycles. The molecule has 0 bridgehead atoms. The Balaban J connectivity index is 1.84. The quantitative estimate of drug-likeness (QED) is 0.905. The molecule has 1 aliphatic heterocycles. The van der Waals surface area contributed by atoms with Crippen LogP contribution in [-0.2, 0) is 0 Å². The van der Waals surface area contributed by atoms with E-state index in [-0.39, 0.29) is 11.7 Å². The highest BCUT2D eigenvalue weighted by Gasteiger charge is 2.20. The predicted octanol–water partition coefficient (Wildman–Crippen LogP) is 1.99. The van der Waals surface area contributed by atoms with Gasteiger partial charge in [0.1, 0.15) is 0 Å². The molecule has 1 saturated heterocycles. The van der Waals surface area contributed by atoms with Crippen LogP contribution >= 0.6 is 0 Å². The van der Waals surface area contributed by atoms with E-state index in [1.165, 1.54) is 18.4 Å². The first-order valence-electron chi connectivity index (χ1n) is 7.68. The van der Waals surface area contributed by atoms with Gasteiger partial charge in [0.2, 0.25) is 5.82 Å². The number of rotatable bonds is 4. The molecule has 6 nitrogen and oxygen atoms in total. The van der Waals surface area contributed by atoms with Crippen molar-refractivity contribution in [3.05, 3.63) is 35.7 Å². The Morgan fingerprint density at radius 3 is 2.86 bits per heavy atom. The summed E-state index contributed by atoms with van der Waals surface area (Å²) in [6, 6.07) is 8.63. The third-order valence-electron chi connectivity index (χ3n) is 4.24. The van der Waals surface area contributed by atoms with Crippen molar-refractivity contribution >= 4 is 5.91 Å². The van der Waals surface area contributed by atoms with Crippen molar-refractivity contribution in [1.82, 2.24) is 25.4 Å². The summed E-state index contributed by atoms with van der Waals surface area (Å²) in [7, 11) is 1.57. The summed E-state index contributed by atoms with van der Waals surface area (Å²) in [4.78, 5) is 18.3. The molecule has 116 valence electrons. The number of nitrogens with one attached hydrogen (secondary N) is 2. The zero-order chi connectivity index (χ0) is 15.5. The summed E-state index contributed by atoms with van der Waals surface area (Å²) in [5, 5.41) is 9.35. The van der Waals surface area contributed by atoms with E-state index in [0.717, 1.165) is 18.7 Å². The van der Waals surface area contributed by atoms with Gasteiger partial charge in [-0.05, 0) is 44.5 Å². The van der Waals surface area contributed by atoms with Gasteiger partial charge in [-0.15, -0.1) is 0 Å². The van der Waals surface area contributed by atoms with Crippen molar-refractivity contribution < 1.29 is 4.79 Å². The van der Waals surface area contributed by atoms with Gasteiger partial charge < -0.3 is 5.32 Å². The van der Waals surface area contributed by atoms with Crippen molar-refractivity contribution in [2.75, 3.05) is 20.1 Å². The minimum atomic E-state index is -0.264. The average Bonchev–Trinajstić information content (AvgIpc) is 3.25. The Hall–Kier alpha value is -2.21. The smallest absolute Gasteiger partial charge is 0.288 e. The first-order chi connectivity index (χ1) is 10.7. The zero-order valence-corrected chi connectivity index (χ0v) is 13.0. The molecule has 3 rings (SSSR count). The summed E-state index contributed by atoms with van der Waals surface area (Å²) in [6.45, 7) is 4.55. The Morgan fingerprint density at radius 1 is 1.36 bits per heavy atom. The van der Waals surface area contributed by atoms with E-state index in [0.29, 0.717) is 11.9 Å². The van der Waals surface area contributed by atoms with Gasteiger partial charge >= 0.3 is 0 Å². The summed E-state index contributed by atoms with van der Waals surface area (Å²) in [5.74, 6) is 0.518. The number of benzene rings is 1. The van der Waals surface area contributed by atoms with Gasteiger partial charge in [0.05, 0.1) is 0 Å². The lowest BCUT2D eigenvalue weighted by Gasteiger charge is -2.24. The summed E-state index contributed by atoms with van der Waals surface area (Å²) >= 11 is 0. The fourth-order valence-corrected chi connectivity index (χ4v) is 2.89. The van der Waals surface area contributed by atoms with E-state index >= 15 is 0 Å². The molecule has 0 aliphatic carbocycles. The van der Waals surface area contributed by atoms with Crippen molar-refractivity contribution in [1.29, 1.82) is 0 Å². The van der Waals surface area contributed by atoms with E-state index in [1.807, 2.05) is 12.1 Å². The van der Waals surface area contributed by atoms with Gasteiger partial charge in [0.15, 0.2) is 5.82 Å². The molecular formula is C16H21N5O. The van der Waals surface area contributed by atoms with Crippen LogP contribution in [0.15, 0.2) is 24.3 Å². The highest BCUT2D eigenvalue weighted by Crippen LogP contribution is 2.27. The van der Waals surface area contributed by atoms with Crippen molar-refractivity contribution in [2.24, 2.45) is 0 Å². The van der Waals surface area contributed by atoms with Crippen LogP contribution in [0.2, 0.25) is 0 Å². The Labute approximate surface area is 129 Å². The second kappa shape index (κ2) is 6.27. The van der Waals surface area contributed by atoms with Crippen molar-refractivity contribution in [2.45, 2.75) is 25.8 Å². The molecule has 2 N–H and O–H groups in total. The Morgan fingerprint density at radius 2 is 2.14 bits per heavy atom. The van der Waals surface area contributed by atoms with Crippen LogP contribution in [0.5, 0.6) is 0 Å². The van der Waals surface area contributed by atoms with Crippen LogP contribution in [0.1, 0.15) is 42.0 Å². The molecule has 1 aromatic carbocycles. The third-order valence-corrected chi connectivity index (χ3v) is 4.24. The lowest BCUT2D eigenvalue weighted by Crippen LogP contribution is -2.23. The van der Waals surface area contributed by atoms with Gasteiger partial charge in [-0.2, -0.15) is 5.10 Å². The van der Waals surface area contributed by atoms with E-state index in [1.54, 1.807) is 7.05 Å². The topological polar surface area (TPSA) is 73.9 Å². The number of nitrogens with zero attached hydrogens (tertiary/aromatic N) is 3. The number of aromatic nitrogens is 3. The first kappa shape index (κ1) is 14.7. The lowest BCUT2D eigenvalue weighted by molar-refractivity contribution is 0.0953. The lowest BCUT2D eigenvalue weighted by atomic mass is 10.0. The van der Waals surface area contributed by atoms with Gasteiger partial charge in [0, 0.05) is 18.7 Å². The average molecular weight is 299 g/mol. The van der Waals surface area contributed by atoms with Gasteiger partial charge in [-0.25, -0.2) is 4.98 Å². The predicted molar refractivity (Wildman–Crippen MR) is 84.4 cm³/mol. The summed E-state index contributed by atoms with van der Waals surface area (Å²) in [6.07, 6.45) is 2.56. The van der Waals surface area contributed by atoms with Crippen LogP contribution in [0, 0.1) is 0 Å². The van der Waals surface area contributed by atoms with Crippen LogP contribution in [0.4, 0.5) is 0 Å². The van der Waals surface area contributed by atoms with E-state index in [9.17, 15) is 4.79 Å². The second-order valence-electron chi connectivity index (χ2n) is 5.63. The zero-order valence-electron chi connectivity index (χ0n) is 13.0. The maximum Gasteiger partial charge on any atom is 0.288 e. The molecule has 0 radical (unpaired) electrons. The minimum Gasteiger partial charge on any atom is -0.352 e. The standard InChI is InChI=1S/C16H21N5O/c1-11(21-8-3-4-9-21)12-6-5-7-13(10-12)14-18-15(20-19-14)16(22)17-2/h5-7,10-11H,3-4,8-9H2,1-2H3,(H,17,22)(H,18,19,20)/t11-/m1/s1. The maximum absolute atomic E-state index is 11.6. The SMILES string of the molecule is CNC(=O)c1nc(-c2cccc([C@@H](C)N3CCCC3)c2)n[nH]1. The molecule has 1 aliphatic rings. The normalized spacial score (nSPS) is 16.6. The molecule has 1 fully saturated rings. The molecule has 6 heteroatoms. The van der Waals surface area contributed by atoms with E-state index in [2.05, 4.69) is 44.5 Å². The molecule has 1 atom stereocenters. The Kier molecular flexibility index (Phi) is 4.20. The molecule has 1 aromatic heterocycles. The van der Waals surface area contributed by atoms with Crippen molar-refractivity contribution in [3.63, 3.8) is 0 Å². The van der Waals surface area contributed by atoms with Gasteiger partial charge in [0.25, 0.3) is 5.91 Å². The van der Waals surface area contributed by atoms with Crippen LogP contribution in [0.3, 0.4) is 0 Å². The molecule has 0 saturated carbocycles. The van der Waals surface area contributed by atoms with Crippen LogP contribution in [0.25, 0.3) is 11.4 Å². The number of likely N-dealkylation sites (tertiary alicyclic amines) is 1. The minimum absolute atomic E-state index is 0.232. The van der Waals surface area contributed by atoms with Crippen LogP contribution < -0.4 is 5.32 Å². The molecule has 1 amide bonds. The molecule has 0 unspecified atom stereocenters. The monoisotopic (exact) mass is 299 g/mol. The fourth-order valence-electron chi connectivity index (χ4n) is 2.89. The number of carbonyl (C=O) groups excluding carboxylic acids is 1. The molecule has 2 aromatic rings. The number of carbonyl (C=O) groups is 1. The largest absolute Gasteiger partial charge is 0.352 e. The molecule has 22 heavy (non-hydrogen) atoms. The Bertz CT molecular complexity index is 660. The van der Waals surface area contributed by atoms with Crippen LogP contribution in [-0.4, -0.2) is 46.1 Å². The van der Waals surface area contributed by atoms with Gasteiger partial charge in [-0.1, -0.05) is 18.2 Å². The number of hydrogen-bond acceptors (Lipinski definition) is 4. The highest BCUT2D eigenvalue weighted by molar-refractivity contribution is 5.90. The number of aromatic amines is 1. The molecule has 0 spiro atoms. The summed E-state index contributed by atoms with van der Waals surface area (Å²) < 4.78 is 0. The maximum atomic E-state index is 11.6. The second-order valence-corrected chi connectivity index (χ2v) is 5.63.